The molecule has 0 radical (unpaired) electrons. The number of anilines is 1. The molecule has 1 fully saturated rings. The van der Waals surface area contributed by atoms with Crippen LogP contribution in [0.4, 0.5) is 5.69 Å². The molecule has 2 aromatic carbocycles. The van der Waals surface area contributed by atoms with E-state index >= 15 is 0 Å². The van der Waals surface area contributed by atoms with Crippen LogP contribution in [0, 0.1) is 0 Å². The molecule has 1 aliphatic rings. The van der Waals surface area contributed by atoms with Gasteiger partial charge in [0, 0.05) is 56.4 Å². The van der Waals surface area contributed by atoms with Crippen molar-refractivity contribution in [2.24, 2.45) is 0 Å². The SMILES string of the molecule is O=C(NCCn1ccnc1)c1cc(NCCc2ccccc2)cc(S(=O)(=O)N2CCCC2)c1. The van der Waals surface area contributed by atoms with Gasteiger partial charge in [-0.05, 0) is 43.0 Å². The van der Waals surface area contributed by atoms with E-state index in [0.717, 1.165) is 19.3 Å². The molecule has 1 amide bonds. The molecule has 9 heteroatoms. The van der Waals surface area contributed by atoms with Gasteiger partial charge in [-0.2, -0.15) is 4.31 Å². The highest BCUT2D eigenvalue weighted by Crippen LogP contribution is 2.25. The number of aromatic nitrogens is 2. The standard InChI is InChI=1S/C24H29N5O3S/c30-24(27-11-15-28-14-10-25-19-28)21-16-22(26-9-8-20-6-2-1-3-7-20)18-23(17-21)33(31,32)29-12-4-5-13-29/h1-3,6-7,10,14,16-19,26H,4-5,8-9,11-13,15H2,(H,27,30). The van der Waals surface area contributed by atoms with Crippen LogP contribution in [0.5, 0.6) is 0 Å². The summed E-state index contributed by atoms with van der Waals surface area (Å²) in [5.41, 5.74) is 2.12. The number of amides is 1. The fourth-order valence-electron chi connectivity index (χ4n) is 3.87. The van der Waals surface area contributed by atoms with Crippen LogP contribution in [0.15, 0.2) is 72.1 Å². The van der Waals surface area contributed by atoms with Crippen LogP contribution in [0.3, 0.4) is 0 Å². The second kappa shape index (κ2) is 10.6. The predicted octanol–water partition coefficient (Wildman–Crippen LogP) is 2.75. The van der Waals surface area contributed by atoms with E-state index in [1.54, 1.807) is 24.7 Å². The van der Waals surface area contributed by atoms with Gasteiger partial charge in [-0.3, -0.25) is 4.79 Å². The molecule has 0 bridgehead atoms. The summed E-state index contributed by atoms with van der Waals surface area (Å²) in [6.07, 6.45) is 7.69. The Bertz CT molecular complexity index is 1160. The highest BCUT2D eigenvalue weighted by Gasteiger charge is 2.28. The first-order valence-electron chi connectivity index (χ1n) is 11.2. The van der Waals surface area contributed by atoms with E-state index in [4.69, 9.17) is 0 Å². The third-order valence-electron chi connectivity index (χ3n) is 5.67. The van der Waals surface area contributed by atoms with Gasteiger partial charge < -0.3 is 15.2 Å². The Morgan fingerprint density at radius 3 is 2.55 bits per heavy atom. The van der Waals surface area contributed by atoms with Crippen LogP contribution in [0.25, 0.3) is 0 Å². The summed E-state index contributed by atoms with van der Waals surface area (Å²) < 4.78 is 29.7. The van der Waals surface area contributed by atoms with Crippen molar-refractivity contribution in [3.05, 3.63) is 78.4 Å². The zero-order chi connectivity index (χ0) is 23.1. The predicted molar refractivity (Wildman–Crippen MR) is 128 cm³/mol. The van der Waals surface area contributed by atoms with E-state index in [9.17, 15) is 13.2 Å². The molecule has 0 spiro atoms. The summed E-state index contributed by atoms with van der Waals surface area (Å²) in [4.78, 5) is 17.0. The van der Waals surface area contributed by atoms with Gasteiger partial charge in [-0.1, -0.05) is 30.3 Å². The smallest absolute Gasteiger partial charge is 0.251 e. The van der Waals surface area contributed by atoms with Crippen molar-refractivity contribution in [2.75, 3.05) is 31.5 Å². The van der Waals surface area contributed by atoms with Crippen LogP contribution < -0.4 is 10.6 Å². The summed E-state index contributed by atoms with van der Waals surface area (Å²) >= 11 is 0. The molecule has 0 aliphatic carbocycles. The summed E-state index contributed by atoms with van der Waals surface area (Å²) in [6.45, 7) is 2.65. The molecule has 0 atom stereocenters. The van der Waals surface area contributed by atoms with Gasteiger partial charge in [0.25, 0.3) is 5.91 Å². The maximum Gasteiger partial charge on any atom is 0.251 e. The average Bonchev–Trinajstić information content (AvgIpc) is 3.54. The quantitative estimate of drug-likeness (QED) is 0.478. The summed E-state index contributed by atoms with van der Waals surface area (Å²) in [6, 6.07) is 14.9. The molecule has 8 nitrogen and oxygen atoms in total. The Morgan fingerprint density at radius 2 is 1.82 bits per heavy atom. The van der Waals surface area contributed by atoms with Crippen molar-refractivity contribution in [1.29, 1.82) is 0 Å². The van der Waals surface area contributed by atoms with Crippen LogP contribution in [-0.2, 0) is 23.0 Å². The summed E-state index contributed by atoms with van der Waals surface area (Å²) in [5.74, 6) is -0.306. The molecule has 0 unspecified atom stereocenters. The number of hydrogen-bond donors (Lipinski definition) is 2. The number of nitrogens with zero attached hydrogens (tertiary/aromatic N) is 3. The second-order valence-corrected chi connectivity index (χ2v) is 10.0. The number of sulfonamides is 1. The van der Waals surface area contributed by atoms with Gasteiger partial charge in [-0.15, -0.1) is 0 Å². The van der Waals surface area contributed by atoms with Crippen molar-refractivity contribution < 1.29 is 13.2 Å². The fourth-order valence-corrected chi connectivity index (χ4v) is 5.46. The Morgan fingerprint density at radius 1 is 1.03 bits per heavy atom. The van der Waals surface area contributed by atoms with Crippen molar-refractivity contribution in [3.8, 4) is 0 Å². The Hall–Kier alpha value is -3.17. The molecule has 0 saturated carbocycles. The Kier molecular flexibility index (Phi) is 7.41. The number of benzene rings is 2. The highest BCUT2D eigenvalue weighted by molar-refractivity contribution is 7.89. The van der Waals surface area contributed by atoms with Gasteiger partial charge in [0.1, 0.15) is 0 Å². The third-order valence-corrected chi connectivity index (χ3v) is 7.55. The second-order valence-electron chi connectivity index (χ2n) is 8.08. The van der Waals surface area contributed by atoms with Gasteiger partial charge >= 0.3 is 0 Å². The van der Waals surface area contributed by atoms with Crippen molar-refractivity contribution in [2.45, 2.75) is 30.7 Å². The Balaban J connectivity index is 1.50. The lowest BCUT2D eigenvalue weighted by molar-refractivity contribution is 0.0952. The summed E-state index contributed by atoms with van der Waals surface area (Å²) in [5, 5.41) is 6.17. The maximum atomic E-state index is 13.2. The van der Waals surface area contributed by atoms with Crippen LogP contribution >= 0.6 is 0 Å². The van der Waals surface area contributed by atoms with E-state index in [1.807, 2.05) is 29.0 Å². The minimum absolute atomic E-state index is 0.147. The van der Waals surface area contributed by atoms with Gasteiger partial charge in [0.05, 0.1) is 11.2 Å². The molecule has 4 rings (SSSR count). The minimum atomic E-state index is -3.65. The monoisotopic (exact) mass is 467 g/mol. The molecule has 1 aromatic heterocycles. The first-order valence-corrected chi connectivity index (χ1v) is 12.6. The zero-order valence-corrected chi connectivity index (χ0v) is 19.3. The molecule has 33 heavy (non-hydrogen) atoms. The molecule has 1 saturated heterocycles. The topological polar surface area (TPSA) is 96.3 Å². The fraction of sp³-hybridized carbons (Fsp3) is 0.333. The van der Waals surface area contributed by atoms with E-state index in [1.165, 1.54) is 15.9 Å². The largest absolute Gasteiger partial charge is 0.385 e. The van der Waals surface area contributed by atoms with Crippen LogP contribution in [-0.4, -0.2) is 54.4 Å². The zero-order valence-electron chi connectivity index (χ0n) is 18.5. The number of imidazole rings is 1. The lowest BCUT2D eigenvalue weighted by Gasteiger charge is -2.18. The van der Waals surface area contributed by atoms with Crippen molar-refractivity contribution >= 4 is 21.6 Å². The first-order chi connectivity index (χ1) is 16.0. The maximum absolute atomic E-state index is 13.2. The highest BCUT2D eigenvalue weighted by atomic mass is 32.2. The van der Waals surface area contributed by atoms with E-state index in [2.05, 4.69) is 27.8 Å². The number of hydrogen-bond acceptors (Lipinski definition) is 5. The molecule has 1 aliphatic heterocycles. The van der Waals surface area contributed by atoms with Gasteiger partial charge in [0.15, 0.2) is 0 Å². The van der Waals surface area contributed by atoms with E-state index in [-0.39, 0.29) is 10.8 Å². The lowest BCUT2D eigenvalue weighted by Crippen LogP contribution is -2.29. The molecule has 2 heterocycles. The normalized spacial score (nSPS) is 14.3. The van der Waals surface area contributed by atoms with Crippen LogP contribution in [0.1, 0.15) is 28.8 Å². The minimum Gasteiger partial charge on any atom is -0.385 e. The average molecular weight is 468 g/mol. The molecule has 3 aromatic rings. The molecular weight excluding hydrogens is 438 g/mol. The summed E-state index contributed by atoms with van der Waals surface area (Å²) in [7, 11) is -3.65. The van der Waals surface area contributed by atoms with Crippen molar-refractivity contribution in [3.63, 3.8) is 0 Å². The lowest BCUT2D eigenvalue weighted by atomic mass is 10.1. The van der Waals surface area contributed by atoms with Gasteiger partial charge in [0.2, 0.25) is 10.0 Å². The van der Waals surface area contributed by atoms with Crippen molar-refractivity contribution in [1.82, 2.24) is 19.2 Å². The third kappa shape index (κ3) is 6.00. The van der Waals surface area contributed by atoms with Gasteiger partial charge in [-0.25, -0.2) is 13.4 Å². The number of rotatable bonds is 10. The number of nitrogens with one attached hydrogen (secondary N) is 2. The van der Waals surface area contributed by atoms with Crippen LogP contribution in [0.2, 0.25) is 0 Å². The van der Waals surface area contributed by atoms with E-state index < -0.39 is 10.0 Å². The Labute approximate surface area is 194 Å². The molecule has 2 N–H and O–H groups in total. The molecule has 174 valence electrons. The number of carbonyl (C=O) groups is 1. The number of carbonyl (C=O) groups excluding carboxylic acids is 1. The molecular formula is C24H29N5O3S. The first kappa shape index (κ1) is 23.0. The van der Waals surface area contributed by atoms with E-state index in [0.29, 0.717) is 44.0 Å².